The molecule has 182 valence electrons. The van der Waals surface area contributed by atoms with Crippen LogP contribution in [0.2, 0.25) is 0 Å². The Morgan fingerprint density at radius 2 is 2.00 bits per heavy atom. The first-order chi connectivity index (χ1) is 16.5. The first-order valence-electron chi connectivity index (χ1n) is 12.6. The van der Waals surface area contributed by atoms with Gasteiger partial charge in [-0.1, -0.05) is 26.5 Å². The Labute approximate surface area is 202 Å². The summed E-state index contributed by atoms with van der Waals surface area (Å²) in [4.78, 5) is 32.5. The second kappa shape index (κ2) is 10.6. The number of nitrogens with one attached hydrogen (secondary N) is 2. The third kappa shape index (κ3) is 5.43. The lowest BCUT2D eigenvalue weighted by atomic mass is 9.79. The lowest BCUT2D eigenvalue weighted by Crippen LogP contribution is -2.37. The van der Waals surface area contributed by atoms with E-state index >= 15 is 0 Å². The molecule has 7 nitrogen and oxygen atoms in total. The van der Waals surface area contributed by atoms with Gasteiger partial charge in [0.1, 0.15) is 17.0 Å². The van der Waals surface area contributed by atoms with E-state index in [1.165, 1.54) is 6.42 Å². The van der Waals surface area contributed by atoms with Gasteiger partial charge < -0.3 is 15.5 Å². The van der Waals surface area contributed by atoms with Gasteiger partial charge in [-0.15, -0.1) is 5.73 Å². The van der Waals surface area contributed by atoms with Crippen LogP contribution >= 0.6 is 0 Å². The summed E-state index contributed by atoms with van der Waals surface area (Å²) in [6.45, 7) is 12.2. The molecular formula is C27H37N5O2. The number of hydrogen-bond acceptors (Lipinski definition) is 4. The molecule has 2 amide bonds. The summed E-state index contributed by atoms with van der Waals surface area (Å²) < 4.78 is 1.71. The van der Waals surface area contributed by atoms with E-state index in [4.69, 9.17) is 0 Å². The van der Waals surface area contributed by atoms with E-state index in [0.29, 0.717) is 30.1 Å². The minimum absolute atomic E-state index is 0.104. The highest BCUT2D eigenvalue weighted by Gasteiger charge is 2.53. The van der Waals surface area contributed by atoms with Gasteiger partial charge in [-0.3, -0.25) is 14.0 Å². The van der Waals surface area contributed by atoms with Crippen LogP contribution in [0.1, 0.15) is 66.9 Å². The van der Waals surface area contributed by atoms with Crippen LogP contribution in [-0.4, -0.2) is 58.8 Å². The monoisotopic (exact) mass is 463 g/mol. The van der Waals surface area contributed by atoms with Gasteiger partial charge in [0.05, 0.1) is 0 Å². The molecule has 34 heavy (non-hydrogen) atoms. The maximum absolute atomic E-state index is 13.1. The van der Waals surface area contributed by atoms with Crippen LogP contribution in [0, 0.1) is 17.3 Å². The summed E-state index contributed by atoms with van der Waals surface area (Å²) in [7, 11) is 0. The van der Waals surface area contributed by atoms with Gasteiger partial charge in [-0.2, -0.15) is 0 Å². The second-order valence-electron chi connectivity index (χ2n) is 9.86. The molecule has 0 radical (unpaired) electrons. The molecule has 0 aromatic carbocycles. The number of carbonyl (C=O) groups excluding carboxylic acids is 2. The number of pyridine rings is 1. The minimum atomic E-state index is -0.213. The van der Waals surface area contributed by atoms with Crippen molar-refractivity contribution >= 4 is 17.5 Å². The molecule has 4 rings (SSSR count). The number of imidazole rings is 1. The molecule has 0 bridgehead atoms. The van der Waals surface area contributed by atoms with Crippen LogP contribution in [0.25, 0.3) is 5.65 Å². The molecule has 0 saturated heterocycles. The lowest BCUT2D eigenvalue weighted by Gasteiger charge is -2.30. The topological polar surface area (TPSA) is 78.7 Å². The highest BCUT2D eigenvalue weighted by molar-refractivity contribution is 5.95. The average Bonchev–Trinajstić information content (AvgIpc) is 3.26. The van der Waals surface area contributed by atoms with Crippen molar-refractivity contribution in [3.63, 3.8) is 0 Å². The summed E-state index contributed by atoms with van der Waals surface area (Å²) in [5.74, 6) is 1.28. The zero-order chi connectivity index (χ0) is 24.1. The van der Waals surface area contributed by atoms with Gasteiger partial charge in [-0.05, 0) is 87.2 Å². The number of rotatable bonds is 12. The van der Waals surface area contributed by atoms with Crippen LogP contribution in [0.4, 0.5) is 0 Å². The van der Waals surface area contributed by atoms with Crippen LogP contribution in [0.5, 0.6) is 0 Å². The molecular weight excluding hydrogens is 426 g/mol. The largest absolute Gasteiger partial charge is 0.351 e. The summed E-state index contributed by atoms with van der Waals surface area (Å²) >= 11 is 0. The van der Waals surface area contributed by atoms with Crippen molar-refractivity contribution in [3.8, 4) is 0 Å². The minimum Gasteiger partial charge on any atom is -0.351 e. The molecule has 2 aliphatic rings. The lowest BCUT2D eigenvalue weighted by molar-refractivity contribution is 0.0917. The van der Waals surface area contributed by atoms with E-state index < -0.39 is 0 Å². The number of nitrogens with zero attached hydrogens (tertiary/aromatic N) is 3. The molecule has 2 saturated carbocycles. The Hall–Kier alpha value is -2.89. The fraction of sp³-hybridized carbons (Fsp3) is 0.556. The summed E-state index contributed by atoms with van der Waals surface area (Å²) in [5, 5.41) is 6.12. The third-order valence-electron chi connectivity index (χ3n) is 7.55. The number of amides is 2. The Morgan fingerprint density at radius 1 is 1.24 bits per heavy atom. The molecule has 2 N–H and O–H groups in total. The van der Waals surface area contributed by atoms with Crippen molar-refractivity contribution in [2.24, 2.45) is 17.3 Å². The number of carbonyl (C=O) groups is 2. The van der Waals surface area contributed by atoms with Crippen molar-refractivity contribution in [1.29, 1.82) is 0 Å². The molecule has 2 aromatic heterocycles. The van der Waals surface area contributed by atoms with Crippen molar-refractivity contribution < 1.29 is 9.59 Å². The summed E-state index contributed by atoms with van der Waals surface area (Å²) in [6, 6.07) is 5.40. The average molecular weight is 464 g/mol. The van der Waals surface area contributed by atoms with E-state index in [-0.39, 0.29) is 17.2 Å². The maximum Gasteiger partial charge on any atom is 0.271 e. The highest BCUT2D eigenvalue weighted by Crippen LogP contribution is 2.61. The predicted molar refractivity (Wildman–Crippen MR) is 134 cm³/mol. The SMILES string of the molecule is C=C=CCC1(CNC(=O)c2cccc3nc(C(=O)NCCCN(CC)CC)cn23)CC2CC2C1. The smallest absolute Gasteiger partial charge is 0.271 e. The van der Waals surface area contributed by atoms with Crippen LogP contribution < -0.4 is 10.6 Å². The zero-order valence-corrected chi connectivity index (χ0v) is 20.5. The van der Waals surface area contributed by atoms with Gasteiger partial charge in [0.2, 0.25) is 0 Å². The highest BCUT2D eigenvalue weighted by atomic mass is 16.2. The van der Waals surface area contributed by atoms with E-state index in [9.17, 15) is 9.59 Å². The Balaban J connectivity index is 1.38. The standard InChI is InChI=1S/C27H37N5O2/c1-4-7-12-27(16-20-15-21(20)17-27)19-29-26(34)23-10-8-11-24-30-22(18-32(23)24)25(33)28-13-9-14-31(5-2)6-3/h7-8,10-11,18,20-21H,1,5-6,9,12-17,19H2,2-3H3,(H,28,33)(H,29,34). The summed E-state index contributed by atoms with van der Waals surface area (Å²) in [5.41, 5.74) is 4.40. The molecule has 2 aliphatic carbocycles. The fourth-order valence-corrected chi connectivity index (χ4v) is 5.48. The van der Waals surface area contributed by atoms with Crippen LogP contribution in [0.15, 0.2) is 42.8 Å². The number of hydrogen-bond donors (Lipinski definition) is 2. The van der Waals surface area contributed by atoms with E-state index in [2.05, 4.69) is 46.7 Å². The number of fused-ring (bicyclic) bond motifs is 2. The Bertz CT molecular complexity index is 1070. The van der Waals surface area contributed by atoms with Crippen LogP contribution in [0.3, 0.4) is 0 Å². The van der Waals surface area contributed by atoms with E-state index in [0.717, 1.165) is 57.2 Å². The molecule has 7 heteroatoms. The fourth-order valence-electron chi connectivity index (χ4n) is 5.48. The van der Waals surface area contributed by atoms with Crippen molar-refractivity contribution in [3.05, 3.63) is 54.2 Å². The Morgan fingerprint density at radius 3 is 2.71 bits per heavy atom. The second-order valence-corrected chi connectivity index (χ2v) is 9.86. The normalized spacial score (nSPS) is 22.9. The van der Waals surface area contributed by atoms with Gasteiger partial charge >= 0.3 is 0 Å². The molecule has 2 aromatic rings. The van der Waals surface area contributed by atoms with E-state index in [1.54, 1.807) is 16.7 Å². The van der Waals surface area contributed by atoms with Gasteiger partial charge in [-0.25, -0.2) is 4.98 Å². The van der Waals surface area contributed by atoms with Crippen molar-refractivity contribution in [2.45, 2.75) is 46.0 Å². The molecule has 0 aliphatic heterocycles. The van der Waals surface area contributed by atoms with Crippen LogP contribution in [-0.2, 0) is 0 Å². The Kier molecular flexibility index (Phi) is 7.54. The molecule has 0 spiro atoms. The molecule has 2 unspecified atom stereocenters. The zero-order valence-electron chi connectivity index (χ0n) is 20.5. The first kappa shape index (κ1) is 24.2. The number of aromatic nitrogens is 2. The third-order valence-corrected chi connectivity index (χ3v) is 7.55. The van der Waals surface area contributed by atoms with Gasteiger partial charge in [0.25, 0.3) is 11.8 Å². The molecule has 2 fully saturated rings. The quantitative estimate of drug-likeness (QED) is 0.372. The molecule has 2 heterocycles. The van der Waals surface area contributed by atoms with Gasteiger partial charge in [0.15, 0.2) is 0 Å². The maximum atomic E-state index is 13.1. The van der Waals surface area contributed by atoms with Crippen molar-refractivity contribution in [1.82, 2.24) is 24.9 Å². The van der Waals surface area contributed by atoms with E-state index in [1.807, 2.05) is 18.2 Å². The van der Waals surface area contributed by atoms with Crippen molar-refractivity contribution in [2.75, 3.05) is 32.7 Å². The number of allylic oxidation sites excluding steroid dienone is 1. The first-order valence-corrected chi connectivity index (χ1v) is 12.6. The van der Waals surface area contributed by atoms with Gasteiger partial charge in [0, 0.05) is 19.3 Å². The molecule has 2 atom stereocenters. The predicted octanol–water partition coefficient (Wildman–Crippen LogP) is 3.67. The summed E-state index contributed by atoms with van der Waals surface area (Å²) in [6.07, 6.45) is 9.10.